The third-order valence-electron chi connectivity index (χ3n) is 11.3. The fraction of sp³-hybridized carbons (Fsp3) is 0.531. The van der Waals surface area contributed by atoms with E-state index in [0.717, 1.165) is 44.7 Å². The van der Waals surface area contributed by atoms with Crippen molar-refractivity contribution in [1.82, 2.24) is 9.80 Å². The molecule has 38 heavy (non-hydrogen) atoms. The van der Waals surface area contributed by atoms with Crippen LogP contribution in [0.3, 0.4) is 0 Å². The number of likely N-dealkylation sites (tertiary alicyclic amines) is 1. The summed E-state index contributed by atoms with van der Waals surface area (Å²) >= 11 is 0. The number of phenols is 1. The summed E-state index contributed by atoms with van der Waals surface area (Å²) in [7, 11) is 0. The van der Waals surface area contributed by atoms with Gasteiger partial charge in [0.15, 0.2) is 11.5 Å². The Morgan fingerprint density at radius 3 is 2.79 bits per heavy atom. The first kappa shape index (κ1) is 22.0. The van der Waals surface area contributed by atoms with E-state index < -0.39 is 5.60 Å². The lowest BCUT2D eigenvalue weighted by Crippen LogP contribution is -2.81. The van der Waals surface area contributed by atoms with Crippen LogP contribution < -0.4 is 4.74 Å². The van der Waals surface area contributed by atoms with Crippen molar-refractivity contribution in [2.45, 2.75) is 61.7 Å². The van der Waals surface area contributed by atoms with Gasteiger partial charge in [0, 0.05) is 30.1 Å². The largest absolute Gasteiger partial charge is 0.504 e. The zero-order valence-electron chi connectivity index (χ0n) is 21.6. The van der Waals surface area contributed by atoms with Gasteiger partial charge >= 0.3 is 0 Å². The summed E-state index contributed by atoms with van der Waals surface area (Å²) in [5, 5.41) is 11.0. The third-order valence-corrected chi connectivity index (χ3v) is 11.3. The summed E-state index contributed by atoms with van der Waals surface area (Å²) in [6.07, 6.45) is 10.6. The van der Waals surface area contributed by atoms with E-state index in [-0.39, 0.29) is 41.2 Å². The van der Waals surface area contributed by atoms with Crippen LogP contribution in [0, 0.1) is 17.3 Å². The molecule has 1 amide bonds. The maximum atomic E-state index is 14.2. The number of amides is 1. The lowest BCUT2D eigenvalue weighted by Gasteiger charge is -2.72. The van der Waals surface area contributed by atoms with E-state index >= 15 is 0 Å². The molecule has 0 unspecified atom stereocenters. The Balaban J connectivity index is 1.14. The summed E-state index contributed by atoms with van der Waals surface area (Å²) in [5.74, 6) is 1.62. The highest BCUT2D eigenvalue weighted by Crippen LogP contribution is 2.75. The van der Waals surface area contributed by atoms with Crippen molar-refractivity contribution in [3.8, 4) is 11.5 Å². The minimum Gasteiger partial charge on any atom is -0.504 e. The Labute approximate surface area is 223 Å². The number of rotatable bonds is 5. The third kappa shape index (κ3) is 2.50. The van der Waals surface area contributed by atoms with E-state index in [1.807, 2.05) is 17.0 Å². The first-order chi connectivity index (χ1) is 18.6. The van der Waals surface area contributed by atoms with Crippen LogP contribution in [0.2, 0.25) is 0 Å². The molecule has 2 aromatic carbocycles. The van der Waals surface area contributed by atoms with Crippen molar-refractivity contribution in [1.29, 1.82) is 0 Å². The molecule has 4 bridgehead atoms. The number of benzene rings is 2. The summed E-state index contributed by atoms with van der Waals surface area (Å²) in [4.78, 5) is 18.9. The molecule has 2 saturated heterocycles. The Morgan fingerprint density at radius 1 is 1.08 bits per heavy atom. The SMILES string of the molecule is O=C1[C@H]2C[C@@]34C=C[C@]2(OCN1CCc1ccccc1)[C@@H]1Oc2c(O)ccc5c2[C@@]13CCN(CC1CC1)[C@@H]4C5. The quantitative estimate of drug-likeness (QED) is 0.620. The van der Waals surface area contributed by atoms with Gasteiger partial charge in [-0.1, -0.05) is 48.6 Å². The van der Waals surface area contributed by atoms with Crippen LogP contribution >= 0.6 is 0 Å². The average molecular weight is 511 g/mol. The highest BCUT2D eigenvalue weighted by molar-refractivity contribution is 5.83. The number of piperidine rings is 1. The molecule has 3 spiro atoms. The Kier molecular flexibility index (Phi) is 4.19. The molecule has 2 aromatic rings. The van der Waals surface area contributed by atoms with Crippen LogP contribution in [0.1, 0.15) is 42.4 Å². The number of phenolic OH excluding ortho intramolecular Hbond substituents is 1. The number of nitrogens with zero attached hydrogens (tertiary/aromatic N) is 2. The van der Waals surface area contributed by atoms with Gasteiger partial charge < -0.3 is 19.5 Å². The van der Waals surface area contributed by atoms with E-state index in [9.17, 15) is 9.90 Å². The van der Waals surface area contributed by atoms with Gasteiger partial charge in [-0.05, 0) is 68.2 Å². The molecule has 6 atom stereocenters. The molecule has 1 N–H and O–H groups in total. The fourth-order valence-electron chi connectivity index (χ4n) is 9.52. The molecule has 10 rings (SSSR count). The van der Waals surface area contributed by atoms with Crippen molar-refractivity contribution in [3.63, 3.8) is 0 Å². The predicted molar refractivity (Wildman–Crippen MR) is 141 cm³/mol. The number of carbonyl (C=O) groups excluding carboxylic acids is 1. The smallest absolute Gasteiger partial charge is 0.230 e. The number of hydrogen-bond donors (Lipinski definition) is 1. The topological polar surface area (TPSA) is 62.2 Å². The average Bonchev–Trinajstić information content (AvgIpc) is 3.68. The Bertz CT molecular complexity index is 1390. The Hall–Kier alpha value is -2.83. The normalized spacial score (nSPS) is 39.6. The zero-order chi connectivity index (χ0) is 25.3. The molecule has 5 aliphatic carbocycles. The minimum absolute atomic E-state index is 0.190. The molecule has 0 radical (unpaired) electrons. The van der Waals surface area contributed by atoms with E-state index in [4.69, 9.17) is 9.47 Å². The summed E-state index contributed by atoms with van der Waals surface area (Å²) < 4.78 is 13.6. The van der Waals surface area contributed by atoms with Crippen LogP contribution in [0.25, 0.3) is 0 Å². The molecule has 8 aliphatic rings. The van der Waals surface area contributed by atoms with Crippen molar-refractivity contribution < 1.29 is 19.4 Å². The standard InChI is InChI=1S/C32H34N2O4/c35-24-9-8-22-16-25-30-11-12-32(23(17-30)28(36)34(19-37-32)14-10-20-4-2-1-3-5-20)29-31(30,26(22)27(24)38-29)13-15-33(25)18-21-6-7-21/h1-5,8-9,11-12,21,23,25,29,35H,6-7,10,13-19H2/t23-,25-,29-,30-,31+,32-/m1/s1. The molecule has 3 aliphatic heterocycles. The molecule has 6 nitrogen and oxygen atoms in total. The number of hydrogen-bond acceptors (Lipinski definition) is 5. The zero-order valence-corrected chi connectivity index (χ0v) is 21.6. The molecule has 3 heterocycles. The van der Waals surface area contributed by atoms with Gasteiger partial charge in [-0.25, -0.2) is 0 Å². The maximum Gasteiger partial charge on any atom is 0.230 e. The van der Waals surface area contributed by atoms with Crippen LogP contribution in [0.15, 0.2) is 54.6 Å². The molecule has 196 valence electrons. The Morgan fingerprint density at radius 2 is 1.95 bits per heavy atom. The number of aromatic hydroxyl groups is 1. The van der Waals surface area contributed by atoms with E-state index in [2.05, 4.69) is 47.4 Å². The summed E-state index contributed by atoms with van der Waals surface area (Å²) in [6.45, 7) is 3.14. The lowest BCUT2D eigenvalue weighted by molar-refractivity contribution is -0.254. The monoisotopic (exact) mass is 510 g/mol. The van der Waals surface area contributed by atoms with Gasteiger partial charge in [0.1, 0.15) is 18.4 Å². The van der Waals surface area contributed by atoms with Gasteiger partial charge in [-0.2, -0.15) is 0 Å². The number of ether oxygens (including phenoxy) is 2. The summed E-state index contributed by atoms with van der Waals surface area (Å²) in [5.41, 5.74) is 2.54. The maximum absolute atomic E-state index is 14.2. The van der Waals surface area contributed by atoms with Crippen LogP contribution in [-0.2, 0) is 27.8 Å². The van der Waals surface area contributed by atoms with Gasteiger partial charge in [0.25, 0.3) is 0 Å². The molecular weight excluding hydrogens is 476 g/mol. The van der Waals surface area contributed by atoms with Crippen molar-refractivity contribution in [3.05, 3.63) is 71.3 Å². The predicted octanol–water partition coefficient (Wildman–Crippen LogP) is 3.81. The van der Waals surface area contributed by atoms with Crippen molar-refractivity contribution in [2.24, 2.45) is 17.3 Å². The second-order valence-corrected chi connectivity index (χ2v) is 12.9. The van der Waals surface area contributed by atoms with E-state index in [1.54, 1.807) is 0 Å². The number of carbonyl (C=O) groups is 1. The summed E-state index contributed by atoms with van der Waals surface area (Å²) in [6, 6.07) is 14.6. The second kappa shape index (κ2) is 7.22. The highest BCUT2D eigenvalue weighted by atomic mass is 16.6. The van der Waals surface area contributed by atoms with Gasteiger partial charge in [-0.3, -0.25) is 9.69 Å². The fourth-order valence-corrected chi connectivity index (χ4v) is 9.52. The minimum atomic E-state index is -0.786. The first-order valence-electron chi connectivity index (χ1n) is 14.5. The van der Waals surface area contributed by atoms with Crippen molar-refractivity contribution >= 4 is 5.91 Å². The first-order valence-corrected chi connectivity index (χ1v) is 14.5. The van der Waals surface area contributed by atoms with Crippen LogP contribution in [0.4, 0.5) is 0 Å². The van der Waals surface area contributed by atoms with Gasteiger partial charge in [0.2, 0.25) is 5.91 Å². The molecule has 6 heteroatoms. The lowest BCUT2D eigenvalue weighted by atomic mass is 9.37. The second-order valence-electron chi connectivity index (χ2n) is 12.9. The van der Waals surface area contributed by atoms with Gasteiger partial charge in [0.05, 0.1) is 11.3 Å². The van der Waals surface area contributed by atoms with Crippen molar-refractivity contribution in [2.75, 3.05) is 26.4 Å². The molecule has 2 saturated carbocycles. The van der Waals surface area contributed by atoms with E-state index in [0.29, 0.717) is 18.3 Å². The van der Waals surface area contributed by atoms with E-state index in [1.165, 1.54) is 29.5 Å². The van der Waals surface area contributed by atoms with Crippen LogP contribution in [-0.4, -0.2) is 64.9 Å². The highest BCUT2D eigenvalue weighted by Gasteiger charge is 2.81. The van der Waals surface area contributed by atoms with Crippen LogP contribution in [0.5, 0.6) is 11.5 Å². The molecular formula is C32H34N2O4. The van der Waals surface area contributed by atoms with Gasteiger partial charge in [-0.15, -0.1) is 0 Å². The molecule has 0 aromatic heterocycles. The molecule has 4 fully saturated rings.